The summed E-state index contributed by atoms with van der Waals surface area (Å²) in [7, 11) is 0. The molecule has 154 valence electrons. The number of halogens is 1. The van der Waals surface area contributed by atoms with Crippen LogP contribution in [0.3, 0.4) is 0 Å². The summed E-state index contributed by atoms with van der Waals surface area (Å²) in [5, 5.41) is 3.08. The van der Waals surface area contributed by atoms with Gasteiger partial charge in [0, 0.05) is 37.8 Å². The van der Waals surface area contributed by atoms with Crippen LogP contribution in [0.25, 0.3) is 0 Å². The lowest BCUT2D eigenvalue weighted by Gasteiger charge is -2.41. The second kappa shape index (κ2) is 10.3. The molecule has 3 rings (SSSR count). The molecule has 3 amide bonds. The maximum Gasteiger partial charge on any atom is 0.248 e. The summed E-state index contributed by atoms with van der Waals surface area (Å²) in [5.41, 5.74) is 5.62. The fourth-order valence-electron chi connectivity index (χ4n) is 3.57. The molecule has 0 bridgehead atoms. The van der Waals surface area contributed by atoms with E-state index in [-0.39, 0.29) is 43.3 Å². The molecule has 3 N–H and O–H groups in total. The third-order valence-corrected chi connectivity index (χ3v) is 5.04. The fraction of sp³-hybridized carbons (Fsp3) is 0.526. The number of carbonyl (C=O) groups is 3. The second-order valence-electron chi connectivity index (χ2n) is 6.89. The highest BCUT2D eigenvalue weighted by molar-refractivity contribution is 5.92. The van der Waals surface area contributed by atoms with Crippen molar-refractivity contribution in [2.24, 2.45) is 5.73 Å². The highest BCUT2D eigenvalue weighted by atomic mass is 35.5. The van der Waals surface area contributed by atoms with Crippen LogP contribution in [0, 0.1) is 0 Å². The van der Waals surface area contributed by atoms with Gasteiger partial charge in [-0.1, -0.05) is 0 Å². The number of rotatable bonds is 6. The number of piperidine rings is 1. The minimum atomic E-state index is -0.487. The quantitative estimate of drug-likeness (QED) is 0.706. The predicted octanol–water partition coefficient (Wildman–Crippen LogP) is 0.399. The van der Waals surface area contributed by atoms with Crippen LogP contribution in [0.4, 0.5) is 0 Å². The molecule has 0 aromatic heterocycles. The molecule has 2 heterocycles. The number of likely N-dealkylation sites (tertiary alicyclic amines) is 1. The highest BCUT2D eigenvalue weighted by Crippen LogP contribution is 2.18. The Kier molecular flexibility index (Phi) is 8.07. The van der Waals surface area contributed by atoms with Crippen LogP contribution >= 0.6 is 12.4 Å². The first-order chi connectivity index (χ1) is 13.0. The van der Waals surface area contributed by atoms with Gasteiger partial charge >= 0.3 is 0 Å². The molecule has 0 aliphatic carbocycles. The van der Waals surface area contributed by atoms with Gasteiger partial charge in [-0.05, 0) is 37.1 Å². The lowest BCUT2D eigenvalue weighted by Crippen LogP contribution is -2.57. The Labute approximate surface area is 170 Å². The molecular formula is C19H27ClN4O4. The summed E-state index contributed by atoms with van der Waals surface area (Å²) in [5.74, 6) is 0.259. The van der Waals surface area contributed by atoms with E-state index < -0.39 is 5.91 Å². The van der Waals surface area contributed by atoms with Crippen LogP contribution in [-0.4, -0.2) is 72.9 Å². The van der Waals surface area contributed by atoms with Gasteiger partial charge in [-0.25, -0.2) is 0 Å². The van der Waals surface area contributed by atoms with Crippen molar-refractivity contribution >= 4 is 30.1 Å². The topological polar surface area (TPSA) is 105 Å². The van der Waals surface area contributed by atoms with Crippen molar-refractivity contribution in [2.75, 3.05) is 39.3 Å². The Bertz CT molecular complexity index is 698. The molecule has 2 fully saturated rings. The number of piperazine rings is 1. The minimum Gasteiger partial charge on any atom is -0.493 e. The van der Waals surface area contributed by atoms with Gasteiger partial charge in [0.15, 0.2) is 0 Å². The van der Waals surface area contributed by atoms with Crippen LogP contribution in [0.15, 0.2) is 24.3 Å². The fourth-order valence-corrected chi connectivity index (χ4v) is 3.57. The van der Waals surface area contributed by atoms with Crippen LogP contribution in [0.5, 0.6) is 5.75 Å². The summed E-state index contributed by atoms with van der Waals surface area (Å²) in [6.07, 6.45) is 2.13. The molecule has 1 aromatic rings. The smallest absolute Gasteiger partial charge is 0.248 e. The molecule has 0 radical (unpaired) electrons. The lowest BCUT2D eigenvalue weighted by molar-refractivity contribution is -0.140. The molecule has 28 heavy (non-hydrogen) atoms. The summed E-state index contributed by atoms with van der Waals surface area (Å²) < 4.78 is 5.59. The average molecular weight is 411 g/mol. The van der Waals surface area contributed by atoms with Crippen molar-refractivity contribution in [3.8, 4) is 5.75 Å². The monoisotopic (exact) mass is 410 g/mol. The first-order valence-electron chi connectivity index (χ1n) is 9.35. The predicted molar refractivity (Wildman–Crippen MR) is 107 cm³/mol. The lowest BCUT2D eigenvalue weighted by atomic mass is 10.0. The van der Waals surface area contributed by atoms with Crippen LogP contribution < -0.4 is 15.8 Å². The Morgan fingerprint density at radius 1 is 1.21 bits per heavy atom. The van der Waals surface area contributed by atoms with Gasteiger partial charge in [0.2, 0.25) is 17.7 Å². The van der Waals surface area contributed by atoms with Crippen molar-refractivity contribution in [1.82, 2.24) is 15.1 Å². The average Bonchev–Trinajstić information content (AvgIpc) is 2.69. The van der Waals surface area contributed by atoms with Crippen molar-refractivity contribution in [1.29, 1.82) is 0 Å². The first-order valence-corrected chi connectivity index (χ1v) is 9.35. The summed E-state index contributed by atoms with van der Waals surface area (Å²) >= 11 is 0. The molecule has 9 heteroatoms. The third kappa shape index (κ3) is 5.59. The Balaban J connectivity index is 0.00000280. The van der Waals surface area contributed by atoms with Gasteiger partial charge in [0.05, 0.1) is 19.6 Å². The van der Waals surface area contributed by atoms with Crippen LogP contribution in [0.2, 0.25) is 0 Å². The Morgan fingerprint density at radius 3 is 2.64 bits per heavy atom. The van der Waals surface area contributed by atoms with Crippen LogP contribution in [-0.2, 0) is 9.59 Å². The van der Waals surface area contributed by atoms with Gasteiger partial charge in [-0.2, -0.15) is 0 Å². The number of ether oxygens (including phenoxy) is 1. The molecule has 2 aliphatic heterocycles. The molecule has 2 aliphatic rings. The van der Waals surface area contributed by atoms with Crippen molar-refractivity contribution in [3.63, 3.8) is 0 Å². The highest BCUT2D eigenvalue weighted by Gasteiger charge is 2.31. The number of nitrogens with one attached hydrogen (secondary N) is 1. The molecule has 8 nitrogen and oxygen atoms in total. The maximum atomic E-state index is 12.5. The number of primary amides is 1. The largest absolute Gasteiger partial charge is 0.493 e. The first kappa shape index (κ1) is 22.0. The minimum absolute atomic E-state index is 0. The molecule has 2 saturated heterocycles. The van der Waals surface area contributed by atoms with E-state index in [0.717, 1.165) is 25.9 Å². The zero-order chi connectivity index (χ0) is 19.2. The van der Waals surface area contributed by atoms with E-state index in [0.29, 0.717) is 30.9 Å². The van der Waals surface area contributed by atoms with Gasteiger partial charge in [0.1, 0.15) is 5.75 Å². The zero-order valence-electron chi connectivity index (χ0n) is 15.8. The van der Waals surface area contributed by atoms with Gasteiger partial charge in [-0.3, -0.25) is 14.4 Å². The van der Waals surface area contributed by atoms with E-state index in [1.165, 1.54) is 0 Å². The number of carbonyl (C=O) groups excluding carboxylic acids is 3. The number of hydrogen-bond acceptors (Lipinski definition) is 5. The SMILES string of the molecule is Cl.NC(=O)c1ccc(OCCC(=O)N2CCCC(N3CCNCC3=O)C2)cc1. The Hall–Kier alpha value is -2.32. The van der Waals surface area contributed by atoms with E-state index in [1.807, 2.05) is 9.80 Å². The van der Waals surface area contributed by atoms with Crippen molar-refractivity contribution in [2.45, 2.75) is 25.3 Å². The van der Waals surface area contributed by atoms with Gasteiger partial charge < -0.3 is 25.6 Å². The third-order valence-electron chi connectivity index (χ3n) is 5.04. The zero-order valence-corrected chi connectivity index (χ0v) is 16.6. The molecule has 0 spiro atoms. The molecule has 1 atom stereocenters. The summed E-state index contributed by atoms with van der Waals surface area (Å²) in [6, 6.07) is 6.63. The number of nitrogens with two attached hydrogens (primary N) is 1. The van der Waals surface area contributed by atoms with E-state index >= 15 is 0 Å². The van der Waals surface area contributed by atoms with Crippen molar-refractivity contribution in [3.05, 3.63) is 29.8 Å². The van der Waals surface area contributed by atoms with Gasteiger partial charge in [-0.15, -0.1) is 12.4 Å². The number of nitrogens with zero attached hydrogens (tertiary/aromatic N) is 2. The van der Waals surface area contributed by atoms with E-state index in [9.17, 15) is 14.4 Å². The second-order valence-corrected chi connectivity index (χ2v) is 6.89. The number of benzene rings is 1. The number of amides is 3. The Morgan fingerprint density at radius 2 is 1.96 bits per heavy atom. The van der Waals surface area contributed by atoms with E-state index in [4.69, 9.17) is 10.5 Å². The van der Waals surface area contributed by atoms with Gasteiger partial charge in [0.25, 0.3) is 0 Å². The van der Waals surface area contributed by atoms with E-state index in [2.05, 4.69) is 5.32 Å². The standard InChI is InChI=1S/C19H26N4O4.ClH/c20-19(26)14-3-5-16(6-4-14)27-11-7-17(24)22-9-1-2-15(13-22)23-10-8-21-12-18(23)25;/h3-6,15,21H,1-2,7-13H2,(H2,20,26);1H. The molecule has 1 aromatic carbocycles. The summed E-state index contributed by atoms with van der Waals surface area (Å²) in [4.78, 5) is 39.4. The number of hydrogen-bond donors (Lipinski definition) is 2. The van der Waals surface area contributed by atoms with Crippen molar-refractivity contribution < 1.29 is 19.1 Å². The summed E-state index contributed by atoms with van der Waals surface area (Å²) in [6.45, 7) is 3.48. The van der Waals surface area contributed by atoms with Crippen LogP contribution in [0.1, 0.15) is 29.6 Å². The van der Waals surface area contributed by atoms with E-state index in [1.54, 1.807) is 24.3 Å². The molecule has 0 saturated carbocycles. The maximum absolute atomic E-state index is 12.5. The normalized spacial score (nSPS) is 19.7. The molecular weight excluding hydrogens is 384 g/mol. The molecule has 1 unspecified atom stereocenters.